The third-order valence-corrected chi connectivity index (χ3v) is 9.51. The van der Waals surface area contributed by atoms with Crippen LogP contribution in [0.25, 0.3) is 11.1 Å². The molecule has 1 N–H and O–H groups in total. The summed E-state index contributed by atoms with van der Waals surface area (Å²) in [5, 5.41) is 4.17. The van der Waals surface area contributed by atoms with Crippen molar-refractivity contribution >= 4 is 29.5 Å². The van der Waals surface area contributed by atoms with Crippen LogP contribution in [-0.4, -0.2) is 27.3 Å². The summed E-state index contributed by atoms with van der Waals surface area (Å²) >= 11 is 1.57. The zero-order valence-electron chi connectivity index (χ0n) is 25.1. The molecule has 1 aliphatic heterocycles. The minimum absolute atomic E-state index is 0.226. The minimum atomic E-state index is -0.489. The second kappa shape index (κ2) is 13.3. The number of amides is 1. The van der Waals surface area contributed by atoms with Gasteiger partial charge in [-0.15, -0.1) is 0 Å². The van der Waals surface area contributed by atoms with Gasteiger partial charge in [-0.1, -0.05) is 87.5 Å². The number of aromatic nitrogens is 1. The fourth-order valence-corrected chi connectivity index (χ4v) is 6.89. The summed E-state index contributed by atoms with van der Waals surface area (Å²) < 4.78 is 8.74. The van der Waals surface area contributed by atoms with Crippen molar-refractivity contribution in [1.29, 1.82) is 0 Å². The molecule has 7 heteroatoms. The van der Waals surface area contributed by atoms with Gasteiger partial charge in [-0.25, -0.2) is 0 Å². The molecular weight excluding hydrogens is 528 g/mol. The van der Waals surface area contributed by atoms with Crippen LogP contribution in [0.3, 0.4) is 0 Å². The molecule has 2 heterocycles. The molecule has 1 amide bonds. The molecule has 2 aliphatic rings. The van der Waals surface area contributed by atoms with Crippen molar-refractivity contribution in [3.8, 4) is 11.1 Å². The lowest BCUT2D eigenvalue weighted by atomic mass is 9.93. The van der Waals surface area contributed by atoms with Gasteiger partial charge in [0, 0.05) is 16.9 Å². The SMILES string of the molecule is CCCCCc1cc(CN2C(=O)C3(CCCC3)N=C2CCCC)ccc1-c1ccccc1SNc1noc(C)c1C. The summed E-state index contributed by atoms with van der Waals surface area (Å²) in [6.07, 6.45) is 11.6. The lowest BCUT2D eigenvalue weighted by Gasteiger charge is -2.23. The number of amidine groups is 1. The van der Waals surface area contributed by atoms with E-state index < -0.39 is 5.54 Å². The average Bonchev–Trinajstić information content (AvgIpc) is 3.66. The van der Waals surface area contributed by atoms with Crippen LogP contribution in [0.5, 0.6) is 0 Å². The number of aliphatic imine (C=N–C) groups is 1. The first-order chi connectivity index (χ1) is 20.0. The molecule has 0 saturated heterocycles. The summed E-state index contributed by atoms with van der Waals surface area (Å²) in [5.41, 5.74) is 5.52. The Kier molecular flexibility index (Phi) is 9.53. The normalized spacial score (nSPS) is 16.1. The highest BCUT2D eigenvalue weighted by Crippen LogP contribution is 2.41. The molecule has 2 aromatic carbocycles. The average molecular weight is 573 g/mol. The van der Waals surface area contributed by atoms with Gasteiger partial charge in [0.2, 0.25) is 0 Å². The fourth-order valence-electron chi connectivity index (χ4n) is 6.06. The van der Waals surface area contributed by atoms with Crippen molar-refractivity contribution in [2.24, 2.45) is 4.99 Å². The van der Waals surface area contributed by atoms with Gasteiger partial charge >= 0.3 is 0 Å². The predicted molar refractivity (Wildman–Crippen MR) is 169 cm³/mol. The monoisotopic (exact) mass is 572 g/mol. The zero-order valence-corrected chi connectivity index (χ0v) is 25.9. The number of rotatable bonds is 13. The molecule has 41 heavy (non-hydrogen) atoms. The highest BCUT2D eigenvalue weighted by molar-refractivity contribution is 8.00. The number of aryl methyl sites for hydroxylation is 2. The van der Waals surface area contributed by atoms with Crippen molar-refractivity contribution in [3.63, 3.8) is 0 Å². The van der Waals surface area contributed by atoms with E-state index in [1.807, 2.05) is 18.7 Å². The molecule has 218 valence electrons. The first-order valence-corrected chi connectivity index (χ1v) is 16.2. The molecule has 1 aliphatic carbocycles. The van der Waals surface area contributed by atoms with Crippen LogP contribution in [0, 0.1) is 13.8 Å². The number of nitrogens with zero attached hydrogens (tertiary/aromatic N) is 3. The molecule has 1 spiro atoms. The highest BCUT2D eigenvalue weighted by Gasteiger charge is 2.49. The van der Waals surface area contributed by atoms with E-state index in [-0.39, 0.29) is 5.91 Å². The van der Waals surface area contributed by atoms with E-state index in [2.05, 4.69) is 66.2 Å². The molecule has 6 nitrogen and oxygen atoms in total. The maximum atomic E-state index is 13.7. The van der Waals surface area contributed by atoms with Gasteiger partial charge in [-0.05, 0) is 86.2 Å². The zero-order chi connectivity index (χ0) is 28.8. The third-order valence-electron chi connectivity index (χ3n) is 8.63. The van der Waals surface area contributed by atoms with Crippen LogP contribution in [0.1, 0.15) is 101 Å². The number of carbonyl (C=O) groups excluding carboxylic acids is 1. The van der Waals surface area contributed by atoms with E-state index in [0.29, 0.717) is 6.54 Å². The van der Waals surface area contributed by atoms with Crippen LogP contribution < -0.4 is 4.72 Å². The van der Waals surface area contributed by atoms with Crippen molar-refractivity contribution in [2.45, 2.75) is 115 Å². The van der Waals surface area contributed by atoms with Crippen molar-refractivity contribution in [2.75, 3.05) is 4.72 Å². The lowest BCUT2D eigenvalue weighted by molar-refractivity contribution is -0.131. The number of hydrogen-bond donors (Lipinski definition) is 1. The molecule has 0 atom stereocenters. The Morgan fingerprint density at radius 2 is 1.76 bits per heavy atom. The third kappa shape index (κ3) is 6.40. The maximum absolute atomic E-state index is 13.7. The van der Waals surface area contributed by atoms with E-state index >= 15 is 0 Å². The summed E-state index contributed by atoms with van der Waals surface area (Å²) in [7, 11) is 0. The summed E-state index contributed by atoms with van der Waals surface area (Å²) in [4.78, 5) is 22.0. The second-order valence-corrected chi connectivity index (χ2v) is 12.5. The first kappa shape index (κ1) is 29.4. The molecule has 1 fully saturated rings. The van der Waals surface area contributed by atoms with E-state index in [4.69, 9.17) is 9.52 Å². The van der Waals surface area contributed by atoms with E-state index in [0.717, 1.165) is 85.7 Å². The summed E-state index contributed by atoms with van der Waals surface area (Å²) in [6, 6.07) is 15.4. The molecule has 5 rings (SSSR count). The van der Waals surface area contributed by atoms with E-state index in [1.54, 1.807) is 11.9 Å². The van der Waals surface area contributed by atoms with Crippen molar-refractivity contribution in [3.05, 3.63) is 64.9 Å². The first-order valence-electron chi connectivity index (χ1n) is 15.4. The van der Waals surface area contributed by atoms with E-state index in [9.17, 15) is 4.79 Å². The van der Waals surface area contributed by atoms with Gasteiger partial charge in [-0.3, -0.25) is 14.7 Å². The number of nitrogens with one attached hydrogen (secondary N) is 1. The van der Waals surface area contributed by atoms with Crippen LogP contribution in [0.4, 0.5) is 5.82 Å². The summed E-state index contributed by atoms with van der Waals surface area (Å²) in [5.74, 6) is 2.82. The standard InChI is InChI=1S/C34H44N4O2S/c1-5-7-9-14-27-22-26(23-38-31(17-8-6-2)35-34(33(38)39)20-12-13-21-34)18-19-28(27)29-15-10-11-16-30(29)41-37-32-24(3)25(4)40-36-32/h10-11,15-16,18-19,22H,5-9,12-14,17,20-21,23H2,1-4H3,(H,36,37). The topological polar surface area (TPSA) is 70.7 Å². The van der Waals surface area contributed by atoms with Gasteiger partial charge in [0.1, 0.15) is 17.1 Å². The Hall–Kier alpha value is -3.06. The number of benzene rings is 2. The smallest absolute Gasteiger partial charge is 0.256 e. The van der Waals surface area contributed by atoms with Crippen LogP contribution in [-0.2, 0) is 17.8 Å². The molecular formula is C34H44N4O2S. The minimum Gasteiger partial charge on any atom is -0.359 e. The fraction of sp³-hybridized carbons (Fsp3) is 0.500. The number of carbonyl (C=O) groups is 1. The van der Waals surface area contributed by atoms with Gasteiger partial charge < -0.3 is 9.25 Å². The Morgan fingerprint density at radius 3 is 2.49 bits per heavy atom. The lowest BCUT2D eigenvalue weighted by Crippen LogP contribution is -2.40. The summed E-state index contributed by atoms with van der Waals surface area (Å²) in [6.45, 7) is 9.00. The second-order valence-electron chi connectivity index (χ2n) is 11.6. The number of hydrogen-bond acceptors (Lipinski definition) is 6. The molecule has 1 saturated carbocycles. The van der Waals surface area contributed by atoms with Crippen LogP contribution in [0.2, 0.25) is 0 Å². The Balaban J connectivity index is 1.42. The Labute approximate surface area is 249 Å². The van der Waals surface area contributed by atoms with E-state index in [1.165, 1.54) is 35.1 Å². The largest absolute Gasteiger partial charge is 0.359 e. The molecule has 0 unspecified atom stereocenters. The molecule has 0 bridgehead atoms. The quantitative estimate of drug-likeness (QED) is 0.163. The maximum Gasteiger partial charge on any atom is 0.256 e. The Morgan fingerprint density at radius 1 is 0.976 bits per heavy atom. The van der Waals surface area contributed by atoms with Crippen molar-refractivity contribution < 1.29 is 9.32 Å². The van der Waals surface area contributed by atoms with Gasteiger partial charge in [0.15, 0.2) is 5.82 Å². The molecule has 0 radical (unpaired) electrons. The molecule has 1 aromatic heterocycles. The number of anilines is 1. The Bertz CT molecular complexity index is 1390. The van der Waals surface area contributed by atoms with Crippen LogP contribution >= 0.6 is 11.9 Å². The van der Waals surface area contributed by atoms with Gasteiger partial charge in [0.05, 0.1) is 6.54 Å². The predicted octanol–water partition coefficient (Wildman–Crippen LogP) is 9.05. The molecule has 3 aromatic rings. The number of unbranched alkanes of at least 4 members (excludes halogenated alkanes) is 3. The van der Waals surface area contributed by atoms with Crippen LogP contribution in [0.15, 0.2) is 56.9 Å². The van der Waals surface area contributed by atoms with Gasteiger partial charge in [-0.2, -0.15) is 0 Å². The highest BCUT2D eigenvalue weighted by atomic mass is 32.2. The van der Waals surface area contributed by atoms with Gasteiger partial charge in [0.25, 0.3) is 5.91 Å². The van der Waals surface area contributed by atoms with Crippen molar-refractivity contribution in [1.82, 2.24) is 10.1 Å².